The zero-order chi connectivity index (χ0) is 22.8. The molecule has 176 valence electrons. The standard InChI is InChI=1S/C25H31N3O4S/c1-33(29,30)27-23-11-13-28(21-15-20-12-14-31-25(20)26-16-21)24(23)17-32-22-9-7-19(8-10-22)18-5-3-2-4-6-18/h2-6,12,14-16,19,22-24,27H,7-11,13,17H2,1H3/t19?,22?,23-,24-/m0/s1. The molecule has 0 radical (unpaired) electrons. The molecule has 1 aliphatic carbocycles. The maximum atomic E-state index is 12.0. The highest BCUT2D eigenvalue weighted by molar-refractivity contribution is 7.88. The fourth-order valence-corrected chi connectivity index (χ4v) is 6.14. The van der Waals surface area contributed by atoms with Crippen LogP contribution in [-0.2, 0) is 14.8 Å². The molecule has 1 saturated heterocycles. The summed E-state index contributed by atoms with van der Waals surface area (Å²) in [4.78, 5) is 6.64. The van der Waals surface area contributed by atoms with Gasteiger partial charge in [-0.05, 0) is 55.7 Å². The number of ether oxygens (including phenoxy) is 1. The van der Waals surface area contributed by atoms with E-state index in [1.165, 1.54) is 11.8 Å². The summed E-state index contributed by atoms with van der Waals surface area (Å²) in [5, 5.41) is 0.936. The lowest BCUT2D eigenvalue weighted by molar-refractivity contribution is 0.0157. The van der Waals surface area contributed by atoms with Gasteiger partial charge >= 0.3 is 0 Å². The van der Waals surface area contributed by atoms with Gasteiger partial charge in [0.2, 0.25) is 15.7 Å². The lowest BCUT2D eigenvalue weighted by atomic mass is 9.83. The number of hydrogen-bond donors (Lipinski definition) is 1. The van der Waals surface area contributed by atoms with Gasteiger partial charge in [0.1, 0.15) is 0 Å². The van der Waals surface area contributed by atoms with Gasteiger partial charge in [0.15, 0.2) is 0 Å². The van der Waals surface area contributed by atoms with Gasteiger partial charge in [0.05, 0.1) is 43.2 Å². The number of fused-ring (bicyclic) bond motifs is 1. The maximum absolute atomic E-state index is 12.0. The number of hydrogen-bond acceptors (Lipinski definition) is 6. The van der Waals surface area contributed by atoms with E-state index in [1.807, 2.05) is 12.1 Å². The lowest BCUT2D eigenvalue weighted by Crippen LogP contribution is -2.48. The Morgan fingerprint density at radius 1 is 1.12 bits per heavy atom. The zero-order valence-electron chi connectivity index (χ0n) is 18.9. The van der Waals surface area contributed by atoms with Gasteiger partial charge in [-0.25, -0.2) is 18.1 Å². The summed E-state index contributed by atoms with van der Waals surface area (Å²) in [6, 6.07) is 14.4. The second kappa shape index (κ2) is 9.44. The van der Waals surface area contributed by atoms with Crippen molar-refractivity contribution in [3.63, 3.8) is 0 Å². The molecule has 1 aliphatic heterocycles. The van der Waals surface area contributed by atoms with Crippen molar-refractivity contribution in [2.24, 2.45) is 0 Å². The molecular weight excluding hydrogens is 438 g/mol. The van der Waals surface area contributed by atoms with Crippen molar-refractivity contribution >= 4 is 26.8 Å². The third kappa shape index (κ3) is 5.23. The SMILES string of the molecule is CS(=O)(=O)N[C@H]1CCN(c2cnc3occc3c2)[C@H]1COC1CCC(c2ccccc2)CC1. The number of benzene rings is 1. The van der Waals surface area contributed by atoms with Crippen LogP contribution in [0.15, 0.2) is 59.3 Å². The summed E-state index contributed by atoms with van der Waals surface area (Å²) < 4.78 is 38.6. The van der Waals surface area contributed by atoms with E-state index >= 15 is 0 Å². The Balaban J connectivity index is 1.26. The second-order valence-corrected chi connectivity index (χ2v) is 11.1. The van der Waals surface area contributed by atoms with E-state index in [-0.39, 0.29) is 18.2 Å². The van der Waals surface area contributed by atoms with Crippen molar-refractivity contribution in [3.05, 3.63) is 60.5 Å². The summed E-state index contributed by atoms with van der Waals surface area (Å²) in [5.41, 5.74) is 2.98. The van der Waals surface area contributed by atoms with Crippen LogP contribution in [0.2, 0.25) is 0 Å². The molecule has 33 heavy (non-hydrogen) atoms. The summed E-state index contributed by atoms with van der Waals surface area (Å²) >= 11 is 0. The van der Waals surface area contributed by atoms with E-state index in [0.717, 1.165) is 49.7 Å². The van der Waals surface area contributed by atoms with Gasteiger partial charge in [0, 0.05) is 18.0 Å². The average molecular weight is 470 g/mol. The van der Waals surface area contributed by atoms with E-state index in [9.17, 15) is 8.42 Å². The Hall–Kier alpha value is -2.42. The van der Waals surface area contributed by atoms with Crippen molar-refractivity contribution in [2.45, 2.75) is 56.2 Å². The molecule has 0 amide bonds. The Labute approximate surface area is 195 Å². The van der Waals surface area contributed by atoms with Crippen molar-refractivity contribution in [1.29, 1.82) is 0 Å². The minimum Gasteiger partial charge on any atom is -0.446 e. The highest BCUT2D eigenvalue weighted by Gasteiger charge is 2.37. The molecule has 7 nitrogen and oxygen atoms in total. The first kappa shape index (κ1) is 22.4. The molecule has 0 bridgehead atoms. The molecule has 2 aliphatic rings. The van der Waals surface area contributed by atoms with Gasteiger partial charge in [0.25, 0.3) is 0 Å². The number of anilines is 1. The van der Waals surface area contributed by atoms with Gasteiger partial charge in [-0.3, -0.25) is 0 Å². The number of rotatable bonds is 7. The van der Waals surface area contributed by atoms with Crippen molar-refractivity contribution < 1.29 is 17.6 Å². The molecule has 2 fully saturated rings. The molecule has 0 unspecified atom stereocenters. The Kier molecular flexibility index (Phi) is 6.40. The van der Waals surface area contributed by atoms with Gasteiger partial charge in [-0.15, -0.1) is 0 Å². The first-order valence-corrected chi connectivity index (χ1v) is 13.6. The fourth-order valence-electron chi connectivity index (χ4n) is 5.32. The normalized spacial score (nSPS) is 26.2. The van der Waals surface area contributed by atoms with Crippen LogP contribution in [0.25, 0.3) is 11.1 Å². The van der Waals surface area contributed by atoms with Crippen LogP contribution in [0, 0.1) is 0 Å². The van der Waals surface area contributed by atoms with Crippen LogP contribution in [0.3, 0.4) is 0 Å². The van der Waals surface area contributed by atoms with Crippen molar-refractivity contribution in [1.82, 2.24) is 9.71 Å². The molecular formula is C25H31N3O4S. The minimum absolute atomic E-state index is 0.0854. The van der Waals surface area contributed by atoms with E-state index in [4.69, 9.17) is 9.15 Å². The maximum Gasteiger partial charge on any atom is 0.225 e. The zero-order valence-corrected chi connectivity index (χ0v) is 19.7. The monoisotopic (exact) mass is 469 g/mol. The lowest BCUT2D eigenvalue weighted by Gasteiger charge is -2.33. The number of pyridine rings is 1. The molecule has 8 heteroatoms. The number of nitrogens with zero attached hydrogens (tertiary/aromatic N) is 2. The molecule has 1 N–H and O–H groups in total. The Morgan fingerprint density at radius 3 is 2.67 bits per heavy atom. The summed E-state index contributed by atoms with van der Waals surface area (Å²) in [6.07, 6.45) is 9.88. The first-order valence-electron chi connectivity index (χ1n) is 11.7. The number of sulfonamides is 1. The van der Waals surface area contributed by atoms with Crippen LogP contribution < -0.4 is 9.62 Å². The third-order valence-electron chi connectivity index (χ3n) is 6.98. The highest BCUT2D eigenvalue weighted by Crippen LogP contribution is 2.35. The van der Waals surface area contributed by atoms with E-state index in [0.29, 0.717) is 18.2 Å². The smallest absolute Gasteiger partial charge is 0.225 e. The summed E-state index contributed by atoms with van der Waals surface area (Å²) in [6.45, 7) is 1.23. The Morgan fingerprint density at radius 2 is 1.91 bits per heavy atom. The van der Waals surface area contributed by atoms with Crippen LogP contribution in [0.1, 0.15) is 43.6 Å². The fraction of sp³-hybridized carbons (Fsp3) is 0.480. The van der Waals surface area contributed by atoms with Gasteiger partial charge < -0.3 is 14.1 Å². The highest BCUT2D eigenvalue weighted by atomic mass is 32.2. The van der Waals surface area contributed by atoms with Crippen LogP contribution >= 0.6 is 0 Å². The van der Waals surface area contributed by atoms with Crippen LogP contribution in [-0.4, -0.2) is 51.0 Å². The van der Waals surface area contributed by atoms with Crippen molar-refractivity contribution in [2.75, 3.05) is 24.3 Å². The molecule has 2 atom stereocenters. The molecule has 2 aromatic heterocycles. The predicted molar refractivity (Wildman–Crippen MR) is 129 cm³/mol. The first-order chi connectivity index (χ1) is 16.0. The average Bonchev–Trinajstić information content (AvgIpc) is 3.44. The van der Waals surface area contributed by atoms with E-state index in [1.54, 1.807) is 12.5 Å². The van der Waals surface area contributed by atoms with Crippen LogP contribution in [0.4, 0.5) is 5.69 Å². The molecule has 1 saturated carbocycles. The molecule has 5 rings (SSSR count). The molecule has 3 heterocycles. The van der Waals surface area contributed by atoms with Gasteiger partial charge in [-0.2, -0.15) is 0 Å². The van der Waals surface area contributed by atoms with Crippen LogP contribution in [0.5, 0.6) is 0 Å². The topological polar surface area (TPSA) is 84.7 Å². The number of aromatic nitrogens is 1. The second-order valence-electron chi connectivity index (χ2n) is 9.27. The summed E-state index contributed by atoms with van der Waals surface area (Å²) in [7, 11) is -3.32. The quantitative estimate of drug-likeness (QED) is 0.562. The largest absolute Gasteiger partial charge is 0.446 e. The number of nitrogens with one attached hydrogen (secondary N) is 1. The van der Waals surface area contributed by atoms with Crippen molar-refractivity contribution in [3.8, 4) is 0 Å². The number of furan rings is 1. The molecule has 3 aromatic rings. The summed E-state index contributed by atoms with van der Waals surface area (Å²) in [5.74, 6) is 0.599. The van der Waals surface area contributed by atoms with E-state index in [2.05, 4.69) is 44.9 Å². The molecule has 0 spiro atoms. The Bertz CT molecular complexity index is 1170. The minimum atomic E-state index is -3.32. The predicted octanol–water partition coefficient (Wildman–Crippen LogP) is 4.07. The molecule has 1 aromatic carbocycles. The van der Waals surface area contributed by atoms with E-state index < -0.39 is 10.0 Å². The third-order valence-corrected chi connectivity index (χ3v) is 7.71. The van der Waals surface area contributed by atoms with Gasteiger partial charge in [-0.1, -0.05) is 30.3 Å².